The molecule has 9 nitrogen and oxygen atoms in total. The standard InChI is InChI=1S/C22H26N6O3S/c1-14-12-21-24-15(2)19(16(3)28(21)26-14)9-10-22(29)25-17-6-4-7-18(13-17)32(30,31)27-20-8-5-11-23-20/h4,6-7,12-13H,5,8-11H2,1-3H3,(H,23,27)(H,25,29). The van der Waals surface area contributed by atoms with E-state index in [0.717, 1.165) is 34.7 Å². The van der Waals surface area contributed by atoms with Crippen LogP contribution < -0.4 is 10.0 Å². The lowest BCUT2D eigenvalue weighted by molar-refractivity contribution is -0.116. The predicted molar refractivity (Wildman–Crippen MR) is 122 cm³/mol. The van der Waals surface area contributed by atoms with Gasteiger partial charge in [0.2, 0.25) is 5.91 Å². The summed E-state index contributed by atoms with van der Waals surface area (Å²) in [6, 6.07) is 8.14. The number of sulfonamides is 1. The first-order valence-corrected chi connectivity index (χ1v) is 12.0. The number of amidine groups is 1. The van der Waals surface area contributed by atoms with Crippen molar-refractivity contribution in [3.63, 3.8) is 0 Å². The summed E-state index contributed by atoms with van der Waals surface area (Å²) in [5.74, 6) is 0.270. The van der Waals surface area contributed by atoms with Crippen molar-refractivity contribution < 1.29 is 13.2 Å². The molecule has 0 fully saturated rings. The average Bonchev–Trinajstić information content (AvgIpc) is 3.36. The van der Waals surface area contributed by atoms with Crippen molar-refractivity contribution in [2.45, 2.75) is 51.3 Å². The van der Waals surface area contributed by atoms with Crippen LogP contribution in [0.1, 0.15) is 41.9 Å². The van der Waals surface area contributed by atoms with Gasteiger partial charge in [-0.15, -0.1) is 0 Å². The number of aryl methyl sites for hydroxylation is 3. The molecule has 168 valence electrons. The molecule has 4 rings (SSSR count). The van der Waals surface area contributed by atoms with E-state index < -0.39 is 10.0 Å². The van der Waals surface area contributed by atoms with Crippen molar-refractivity contribution in [3.8, 4) is 0 Å². The lowest BCUT2D eigenvalue weighted by Crippen LogP contribution is -2.29. The molecule has 3 aromatic rings. The van der Waals surface area contributed by atoms with Gasteiger partial charge < -0.3 is 5.32 Å². The largest absolute Gasteiger partial charge is 0.326 e. The van der Waals surface area contributed by atoms with Gasteiger partial charge in [0, 0.05) is 42.5 Å². The number of aliphatic imine (C=N–C) groups is 1. The number of benzene rings is 1. The van der Waals surface area contributed by atoms with E-state index in [2.05, 4.69) is 25.1 Å². The first kappa shape index (κ1) is 21.9. The summed E-state index contributed by atoms with van der Waals surface area (Å²) in [5, 5.41) is 7.26. The van der Waals surface area contributed by atoms with Gasteiger partial charge in [0.15, 0.2) is 5.65 Å². The van der Waals surface area contributed by atoms with Crippen molar-refractivity contribution in [2.75, 3.05) is 11.9 Å². The molecule has 0 spiro atoms. The highest BCUT2D eigenvalue weighted by Crippen LogP contribution is 2.19. The highest BCUT2D eigenvalue weighted by Gasteiger charge is 2.19. The molecule has 2 aromatic heterocycles. The molecule has 1 aromatic carbocycles. The normalized spacial score (nSPS) is 13.9. The molecule has 10 heteroatoms. The minimum Gasteiger partial charge on any atom is -0.326 e. The van der Waals surface area contributed by atoms with E-state index in [1.807, 2.05) is 26.8 Å². The van der Waals surface area contributed by atoms with Gasteiger partial charge >= 0.3 is 0 Å². The molecule has 0 atom stereocenters. The smallest absolute Gasteiger partial charge is 0.262 e. The molecule has 2 N–H and O–H groups in total. The first-order valence-electron chi connectivity index (χ1n) is 10.5. The Morgan fingerprint density at radius 1 is 1.19 bits per heavy atom. The van der Waals surface area contributed by atoms with E-state index >= 15 is 0 Å². The van der Waals surface area contributed by atoms with Crippen molar-refractivity contribution in [1.29, 1.82) is 0 Å². The Morgan fingerprint density at radius 3 is 2.75 bits per heavy atom. The topological polar surface area (TPSA) is 118 Å². The zero-order valence-corrected chi connectivity index (χ0v) is 19.2. The molecule has 0 saturated heterocycles. The van der Waals surface area contributed by atoms with Gasteiger partial charge in [-0.2, -0.15) is 5.10 Å². The van der Waals surface area contributed by atoms with Crippen LogP contribution >= 0.6 is 0 Å². The van der Waals surface area contributed by atoms with Crippen LogP contribution in [0.25, 0.3) is 5.65 Å². The van der Waals surface area contributed by atoms with Crippen LogP contribution in [-0.4, -0.2) is 41.3 Å². The monoisotopic (exact) mass is 454 g/mol. The van der Waals surface area contributed by atoms with E-state index in [9.17, 15) is 13.2 Å². The summed E-state index contributed by atoms with van der Waals surface area (Å²) >= 11 is 0. The minimum atomic E-state index is -3.74. The second kappa shape index (κ2) is 8.70. The predicted octanol–water partition coefficient (Wildman–Crippen LogP) is 2.70. The number of nitrogens with one attached hydrogen (secondary N) is 2. The third kappa shape index (κ3) is 4.64. The van der Waals surface area contributed by atoms with Crippen LogP contribution in [0.2, 0.25) is 0 Å². The van der Waals surface area contributed by atoms with Crippen LogP contribution in [-0.2, 0) is 21.2 Å². The number of hydrogen-bond donors (Lipinski definition) is 2. The van der Waals surface area contributed by atoms with E-state index in [-0.39, 0.29) is 17.2 Å². The van der Waals surface area contributed by atoms with Crippen LogP contribution in [0, 0.1) is 20.8 Å². The molecule has 0 aliphatic carbocycles. The molecular formula is C22H26N6O3S. The van der Waals surface area contributed by atoms with Gasteiger partial charge in [-0.05, 0) is 57.4 Å². The molecule has 3 heterocycles. The van der Waals surface area contributed by atoms with E-state index in [0.29, 0.717) is 30.9 Å². The number of anilines is 1. The Balaban J connectivity index is 1.44. The maximum absolute atomic E-state index is 12.6. The van der Waals surface area contributed by atoms with Gasteiger partial charge in [-0.25, -0.2) is 17.9 Å². The van der Waals surface area contributed by atoms with Gasteiger partial charge in [-0.3, -0.25) is 14.5 Å². The van der Waals surface area contributed by atoms with Crippen molar-refractivity contribution >= 4 is 33.1 Å². The zero-order valence-electron chi connectivity index (χ0n) is 18.3. The number of carbonyl (C=O) groups excluding carboxylic acids is 1. The fourth-order valence-electron chi connectivity index (χ4n) is 3.84. The van der Waals surface area contributed by atoms with Gasteiger partial charge in [0.1, 0.15) is 5.84 Å². The lowest BCUT2D eigenvalue weighted by atomic mass is 10.1. The Kier molecular flexibility index (Phi) is 5.96. The molecule has 0 unspecified atom stereocenters. The number of fused-ring (bicyclic) bond motifs is 1. The summed E-state index contributed by atoms with van der Waals surface area (Å²) < 4.78 is 29.5. The molecule has 1 amide bonds. The molecule has 32 heavy (non-hydrogen) atoms. The third-order valence-corrected chi connectivity index (χ3v) is 6.82. The second-order valence-electron chi connectivity index (χ2n) is 7.93. The maximum Gasteiger partial charge on any atom is 0.262 e. The van der Waals surface area contributed by atoms with Gasteiger partial charge in [0.05, 0.1) is 10.6 Å². The Bertz CT molecular complexity index is 1330. The lowest BCUT2D eigenvalue weighted by Gasteiger charge is -2.12. The Labute approximate surface area is 187 Å². The number of carbonyl (C=O) groups is 1. The van der Waals surface area contributed by atoms with Crippen LogP contribution in [0.5, 0.6) is 0 Å². The van der Waals surface area contributed by atoms with Crippen molar-refractivity contribution in [1.82, 2.24) is 19.3 Å². The number of nitrogens with zero attached hydrogens (tertiary/aromatic N) is 4. The van der Waals surface area contributed by atoms with E-state index in [1.165, 1.54) is 12.1 Å². The molecule has 0 saturated carbocycles. The number of hydrogen-bond acceptors (Lipinski definition) is 6. The number of amides is 1. The molecule has 0 radical (unpaired) electrons. The summed E-state index contributed by atoms with van der Waals surface area (Å²) in [6.07, 6.45) is 2.20. The summed E-state index contributed by atoms with van der Waals surface area (Å²) in [6.45, 7) is 6.45. The van der Waals surface area contributed by atoms with Gasteiger partial charge in [0.25, 0.3) is 10.0 Å². The zero-order chi connectivity index (χ0) is 22.9. The molecule has 1 aliphatic rings. The van der Waals surface area contributed by atoms with Crippen LogP contribution in [0.15, 0.2) is 40.2 Å². The fraction of sp³-hybridized carbons (Fsp3) is 0.364. The molecule has 0 bridgehead atoms. The quantitative estimate of drug-likeness (QED) is 0.594. The second-order valence-corrected chi connectivity index (χ2v) is 9.61. The highest BCUT2D eigenvalue weighted by atomic mass is 32.2. The first-order chi connectivity index (χ1) is 15.2. The third-order valence-electron chi connectivity index (χ3n) is 5.44. The average molecular weight is 455 g/mol. The minimum absolute atomic E-state index is 0.0836. The molecular weight excluding hydrogens is 428 g/mol. The summed E-state index contributed by atoms with van der Waals surface area (Å²) in [7, 11) is -3.74. The maximum atomic E-state index is 12.6. The van der Waals surface area contributed by atoms with E-state index in [4.69, 9.17) is 0 Å². The Morgan fingerprint density at radius 2 is 2.00 bits per heavy atom. The fourth-order valence-corrected chi connectivity index (χ4v) is 4.98. The van der Waals surface area contributed by atoms with Gasteiger partial charge in [-0.1, -0.05) is 6.07 Å². The summed E-state index contributed by atoms with van der Waals surface area (Å²) in [5.41, 5.74) is 4.92. The highest BCUT2D eigenvalue weighted by molar-refractivity contribution is 7.90. The van der Waals surface area contributed by atoms with Crippen molar-refractivity contribution in [2.24, 2.45) is 4.99 Å². The van der Waals surface area contributed by atoms with Crippen LogP contribution in [0.3, 0.4) is 0 Å². The van der Waals surface area contributed by atoms with Crippen molar-refractivity contribution in [3.05, 3.63) is 53.0 Å². The number of rotatable bonds is 6. The SMILES string of the molecule is Cc1cc2nc(C)c(CCC(=O)Nc3cccc(S(=O)(=O)NC4=NCCC4)c3)c(C)n2n1. The van der Waals surface area contributed by atoms with E-state index in [1.54, 1.807) is 16.6 Å². The summed E-state index contributed by atoms with van der Waals surface area (Å²) in [4.78, 5) is 21.4. The number of aromatic nitrogens is 3. The van der Waals surface area contributed by atoms with Crippen LogP contribution in [0.4, 0.5) is 5.69 Å². The Hall–Kier alpha value is -3.27. The molecule has 1 aliphatic heterocycles.